The van der Waals surface area contributed by atoms with Gasteiger partial charge in [-0.25, -0.2) is 12.8 Å². The molecule has 0 bridgehead atoms. The van der Waals surface area contributed by atoms with Crippen LogP contribution in [0.5, 0.6) is 0 Å². The maximum Gasteiger partial charge on any atom is 0.167 e. The van der Waals surface area contributed by atoms with Gasteiger partial charge in [-0.3, -0.25) is 9.78 Å². The van der Waals surface area contributed by atoms with Crippen LogP contribution in [0.3, 0.4) is 0 Å². The number of nitrogens with one attached hydrogen (secondary N) is 1. The molecular formula is C25H24FN5O3S. The van der Waals surface area contributed by atoms with Gasteiger partial charge in [-0.05, 0) is 49.2 Å². The van der Waals surface area contributed by atoms with Crippen molar-refractivity contribution in [2.45, 2.75) is 24.6 Å². The van der Waals surface area contributed by atoms with Crippen molar-refractivity contribution in [3.63, 3.8) is 0 Å². The van der Waals surface area contributed by atoms with Crippen LogP contribution in [0, 0.1) is 5.82 Å². The van der Waals surface area contributed by atoms with Gasteiger partial charge in [0.2, 0.25) is 0 Å². The van der Waals surface area contributed by atoms with E-state index in [1.54, 1.807) is 30.7 Å². The fraction of sp³-hybridized carbons (Fsp3) is 0.280. The number of fused-ring (bicyclic) bond motifs is 2. The molecule has 2 aromatic carbocycles. The van der Waals surface area contributed by atoms with Gasteiger partial charge in [0.05, 0.1) is 23.4 Å². The molecule has 0 unspecified atom stereocenters. The third kappa shape index (κ3) is 4.02. The molecule has 8 nitrogen and oxygen atoms in total. The molecule has 4 heterocycles. The summed E-state index contributed by atoms with van der Waals surface area (Å²) in [4.78, 5) is 0. The molecule has 1 saturated heterocycles. The van der Waals surface area contributed by atoms with Crippen LogP contribution in [-0.2, 0) is 20.5 Å². The van der Waals surface area contributed by atoms with Crippen LogP contribution in [0.15, 0.2) is 55.0 Å². The first-order valence-corrected chi connectivity index (χ1v) is 13.5. The first kappa shape index (κ1) is 22.0. The van der Waals surface area contributed by atoms with Gasteiger partial charge in [0.1, 0.15) is 11.7 Å². The predicted octanol–water partition coefficient (Wildman–Crippen LogP) is 4.41. The number of ether oxygens (including phenoxy) is 1. The summed E-state index contributed by atoms with van der Waals surface area (Å²) in [5.41, 5.74) is 5.65. The molecule has 0 atom stereocenters. The Kier molecular flexibility index (Phi) is 5.23. The number of hydrogen-bond donors (Lipinski definition) is 1. The number of hydrogen-bond acceptors (Lipinski definition) is 5. The third-order valence-corrected chi connectivity index (χ3v) is 7.28. The van der Waals surface area contributed by atoms with Crippen LogP contribution in [0.4, 0.5) is 4.39 Å². The van der Waals surface area contributed by atoms with Crippen LogP contribution < -0.4 is 0 Å². The minimum absolute atomic E-state index is 0.193. The van der Waals surface area contributed by atoms with Gasteiger partial charge < -0.3 is 9.30 Å². The first-order chi connectivity index (χ1) is 16.9. The predicted molar refractivity (Wildman–Crippen MR) is 132 cm³/mol. The van der Waals surface area contributed by atoms with Gasteiger partial charge in [0, 0.05) is 64.9 Å². The van der Waals surface area contributed by atoms with Gasteiger partial charge in [-0.15, -0.1) is 0 Å². The lowest BCUT2D eigenvalue weighted by Crippen LogP contribution is -2.17. The lowest BCUT2D eigenvalue weighted by Gasteiger charge is -2.25. The summed E-state index contributed by atoms with van der Waals surface area (Å²) in [7, 11) is -3.25. The minimum atomic E-state index is -3.25. The van der Waals surface area contributed by atoms with Crippen LogP contribution in [0.25, 0.3) is 38.6 Å². The second-order valence-electron chi connectivity index (χ2n) is 9.11. The Bertz CT molecular complexity index is 1640. The van der Waals surface area contributed by atoms with E-state index in [-0.39, 0.29) is 17.6 Å². The molecule has 1 aliphatic heterocycles. The quantitative estimate of drug-likeness (QED) is 0.392. The summed E-state index contributed by atoms with van der Waals surface area (Å²) in [6, 6.07) is 10.7. The molecule has 35 heavy (non-hydrogen) atoms. The molecule has 180 valence electrons. The van der Waals surface area contributed by atoms with E-state index in [4.69, 9.17) is 4.74 Å². The highest BCUT2D eigenvalue weighted by Crippen LogP contribution is 2.44. The summed E-state index contributed by atoms with van der Waals surface area (Å²) in [5, 5.41) is 13.6. The lowest BCUT2D eigenvalue weighted by molar-refractivity contribution is 0.0843. The zero-order valence-corrected chi connectivity index (χ0v) is 19.9. The number of sulfone groups is 1. The van der Waals surface area contributed by atoms with Crippen molar-refractivity contribution < 1.29 is 17.5 Å². The van der Waals surface area contributed by atoms with Gasteiger partial charge in [0.25, 0.3) is 0 Å². The summed E-state index contributed by atoms with van der Waals surface area (Å²) in [5.74, 6) is -0.288. The summed E-state index contributed by atoms with van der Waals surface area (Å²) >= 11 is 0. The number of benzene rings is 2. The molecule has 0 aliphatic carbocycles. The number of nitrogens with zero attached hydrogens (tertiary/aromatic N) is 4. The van der Waals surface area contributed by atoms with Crippen molar-refractivity contribution in [1.29, 1.82) is 0 Å². The Balaban J connectivity index is 1.68. The molecule has 0 saturated carbocycles. The number of aromatic amines is 1. The smallest absolute Gasteiger partial charge is 0.167 e. The van der Waals surface area contributed by atoms with Crippen molar-refractivity contribution in [2.24, 2.45) is 0 Å². The normalized spacial score (nSPS) is 15.4. The molecule has 1 N–H and O–H groups in total. The fourth-order valence-electron chi connectivity index (χ4n) is 5.08. The van der Waals surface area contributed by atoms with Crippen molar-refractivity contribution in [3.8, 4) is 16.8 Å². The summed E-state index contributed by atoms with van der Waals surface area (Å²) in [6.07, 6.45) is 8.18. The zero-order valence-electron chi connectivity index (χ0n) is 19.1. The largest absolute Gasteiger partial charge is 0.381 e. The molecule has 1 fully saturated rings. The molecule has 0 spiro atoms. The number of aromatic nitrogens is 5. The highest BCUT2D eigenvalue weighted by Gasteiger charge is 2.29. The Labute approximate surface area is 201 Å². The van der Waals surface area contributed by atoms with Gasteiger partial charge in [-0.2, -0.15) is 10.2 Å². The lowest BCUT2D eigenvalue weighted by atomic mass is 9.91. The fourth-order valence-corrected chi connectivity index (χ4v) is 5.70. The molecule has 10 heteroatoms. The maximum absolute atomic E-state index is 13.8. The SMILES string of the molecule is CS(=O)(=O)Cn1cc(-c2c(C3CCOCC3)n(-c3ccc(F)cc3)c3cc4cn[nH]c4cc23)cn1. The Morgan fingerprint density at radius 1 is 1.14 bits per heavy atom. The third-order valence-electron chi connectivity index (χ3n) is 6.55. The Hall–Kier alpha value is -3.50. The van der Waals surface area contributed by atoms with Gasteiger partial charge >= 0.3 is 0 Å². The topological polar surface area (TPSA) is 94.8 Å². The van der Waals surface area contributed by atoms with E-state index in [0.717, 1.165) is 57.2 Å². The monoisotopic (exact) mass is 493 g/mol. The molecular weight excluding hydrogens is 469 g/mol. The molecule has 5 aromatic rings. The van der Waals surface area contributed by atoms with E-state index in [0.29, 0.717) is 13.2 Å². The van der Waals surface area contributed by atoms with E-state index in [2.05, 4.69) is 32.0 Å². The molecule has 3 aromatic heterocycles. The van der Waals surface area contributed by atoms with Crippen LogP contribution >= 0.6 is 0 Å². The van der Waals surface area contributed by atoms with E-state index >= 15 is 0 Å². The molecule has 0 radical (unpaired) electrons. The first-order valence-electron chi connectivity index (χ1n) is 11.4. The highest BCUT2D eigenvalue weighted by molar-refractivity contribution is 7.89. The van der Waals surface area contributed by atoms with E-state index < -0.39 is 9.84 Å². The van der Waals surface area contributed by atoms with Crippen LogP contribution in [0.2, 0.25) is 0 Å². The zero-order chi connectivity index (χ0) is 24.2. The molecule has 6 rings (SSSR count). The van der Waals surface area contributed by atoms with Crippen molar-refractivity contribution in [1.82, 2.24) is 24.5 Å². The van der Waals surface area contributed by atoms with Crippen LogP contribution in [-0.4, -0.2) is 52.4 Å². The number of rotatable bonds is 5. The second-order valence-corrected chi connectivity index (χ2v) is 11.2. The van der Waals surface area contributed by atoms with Crippen molar-refractivity contribution >= 4 is 31.6 Å². The second kappa shape index (κ2) is 8.31. The molecule has 0 amide bonds. The van der Waals surface area contributed by atoms with Gasteiger partial charge in [0.15, 0.2) is 9.84 Å². The summed E-state index contributed by atoms with van der Waals surface area (Å²) < 4.78 is 46.9. The minimum Gasteiger partial charge on any atom is -0.381 e. The number of halogens is 1. The Morgan fingerprint density at radius 3 is 2.66 bits per heavy atom. The average Bonchev–Trinajstić information content (AvgIpc) is 3.54. The number of H-pyrrole nitrogens is 1. The Morgan fingerprint density at radius 2 is 1.91 bits per heavy atom. The van der Waals surface area contributed by atoms with E-state index in [1.807, 2.05) is 0 Å². The molecule has 1 aliphatic rings. The summed E-state index contributed by atoms with van der Waals surface area (Å²) in [6.45, 7) is 1.32. The van der Waals surface area contributed by atoms with Crippen molar-refractivity contribution in [3.05, 3.63) is 66.5 Å². The maximum atomic E-state index is 13.8. The van der Waals surface area contributed by atoms with E-state index in [9.17, 15) is 12.8 Å². The van der Waals surface area contributed by atoms with Crippen LogP contribution in [0.1, 0.15) is 24.5 Å². The van der Waals surface area contributed by atoms with E-state index in [1.165, 1.54) is 23.1 Å². The van der Waals surface area contributed by atoms with Crippen molar-refractivity contribution in [2.75, 3.05) is 19.5 Å². The average molecular weight is 494 g/mol. The highest BCUT2D eigenvalue weighted by atomic mass is 32.2. The van der Waals surface area contributed by atoms with Gasteiger partial charge in [-0.1, -0.05) is 0 Å². The standard InChI is InChI=1S/C25H24FN5O3S/c1-35(32,33)15-30-14-18(13-28-30)24-21-11-22-17(12-27-29-22)10-23(21)31(20-4-2-19(26)3-5-20)25(24)16-6-8-34-9-7-16/h2-5,10-14,16H,6-9,15H2,1H3,(H,27,29).